The lowest BCUT2D eigenvalue weighted by molar-refractivity contribution is 1.02. The number of nitrogens with zero attached hydrogens (tertiary/aromatic N) is 2. The molecule has 2 nitrogen and oxygen atoms in total. The van der Waals surface area contributed by atoms with Crippen molar-refractivity contribution in [2.24, 2.45) is 4.99 Å². The topological polar surface area (TPSA) is 36.1 Å². The van der Waals surface area contributed by atoms with Crippen molar-refractivity contribution in [1.29, 1.82) is 5.26 Å². The van der Waals surface area contributed by atoms with Gasteiger partial charge in [0, 0.05) is 6.54 Å². The Morgan fingerprint density at radius 3 is 2.62 bits per heavy atom. The Morgan fingerprint density at radius 2 is 2.25 bits per heavy atom. The maximum absolute atomic E-state index is 7.99. The van der Waals surface area contributed by atoms with E-state index in [4.69, 9.17) is 5.26 Å². The molecule has 0 saturated carbocycles. The van der Waals surface area contributed by atoms with Crippen molar-refractivity contribution in [1.82, 2.24) is 0 Å². The molecule has 0 amide bonds. The van der Waals surface area contributed by atoms with Crippen LogP contribution < -0.4 is 0 Å². The van der Waals surface area contributed by atoms with Gasteiger partial charge in [-0.2, -0.15) is 5.26 Å². The van der Waals surface area contributed by atoms with Gasteiger partial charge in [-0.15, -0.1) is 0 Å². The first-order valence-corrected chi connectivity index (χ1v) is 2.84. The lowest BCUT2D eigenvalue weighted by Crippen LogP contribution is -1.86. The van der Waals surface area contributed by atoms with Crippen LogP contribution in [0.1, 0.15) is 6.42 Å². The van der Waals surface area contributed by atoms with Gasteiger partial charge in [0.25, 0.3) is 0 Å². The first-order valence-electron chi connectivity index (χ1n) is 2.03. The molecule has 0 aliphatic heterocycles. The highest BCUT2D eigenvalue weighted by Crippen LogP contribution is 1.77. The lowest BCUT2D eigenvalue weighted by atomic mass is 10.5. The van der Waals surface area contributed by atoms with Gasteiger partial charge >= 0.3 is 0 Å². The molecule has 44 valence electrons. The van der Waals surface area contributed by atoms with E-state index in [9.17, 15) is 0 Å². The van der Waals surface area contributed by atoms with Crippen LogP contribution in [0.25, 0.3) is 0 Å². The molecule has 0 N–H and O–H groups in total. The maximum atomic E-state index is 7.99. The number of hydrogen-bond donors (Lipinski definition) is 0. The van der Waals surface area contributed by atoms with Gasteiger partial charge in [-0.1, -0.05) is 0 Å². The minimum absolute atomic E-state index is 0.209. The Morgan fingerprint density at radius 1 is 1.62 bits per heavy atom. The van der Waals surface area contributed by atoms with Crippen molar-refractivity contribution in [2.75, 3.05) is 6.54 Å². The molecule has 0 aliphatic carbocycles. The molecular weight excluding hydrogens is 140 g/mol. The molecule has 0 heterocycles. The van der Waals surface area contributed by atoms with Crippen LogP contribution in [-0.2, 0) is 25.3 Å². The first kappa shape index (κ1) is 7.60. The molecule has 4 heteroatoms. The fourth-order valence-electron chi connectivity index (χ4n) is 0.197. The molecule has 0 atom stereocenters. The van der Waals surface area contributed by atoms with Gasteiger partial charge in [0.15, 0.2) is 0 Å². The Kier molecular flexibility index (Phi) is 4.51. The van der Waals surface area contributed by atoms with Crippen LogP contribution in [0, 0.1) is 11.3 Å². The average molecular weight is 144 g/mol. The fourth-order valence-corrected chi connectivity index (χ4v) is 0.380. The van der Waals surface area contributed by atoms with E-state index < -0.39 is 0 Å². The zero-order chi connectivity index (χ0) is 6.41. The average Bonchev–Trinajstić information content (AvgIpc) is 1.66. The highest BCUT2D eigenvalue weighted by atomic mass is 32.2. The largest absolute Gasteiger partial charge is 0.789 e. The van der Waals surface area contributed by atoms with Crippen LogP contribution in [0.2, 0.25) is 0 Å². The van der Waals surface area contributed by atoms with Gasteiger partial charge in [-0.05, 0) is 0 Å². The summed E-state index contributed by atoms with van der Waals surface area (Å²) in [5.74, 6) is 0. The zero-order valence-corrected chi connectivity index (χ0v) is 5.76. The van der Waals surface area contributed by atoms with Gasteiger partial charge in [0.1, 0.15) is 0 Å². The van der Waals surface area contributed by atoms with Crippen molar-refractivity contribution in [3.8, 4) is 6.07 Å². The smallest absolute Gasteiger partial charge is 0.0641 e. The van der Waals surface area contributed by atoms with Crippen molar-refractivity contribution < 1.29 is 0 Å². The first-order chi connectivity index (χ1) is 3.77. The van der Waals surface area contributed by atoms with Gasteiger partial charge in [-0.25, -0.2) is 4.38 Å². The summed E-state index contributed by atoms with van der Waals surface area (Å²) < 4.78 is 0.209. The second-order valence-electron chi connectivity index (χ2n) is 1.06. The summed E-state index contributed by atoms with van der Waals surface area (Å²) in [5.41, 5.74) is 0. The predicted octanol–water partition coefficient (Wildman–Crippen LogP) is 0.350. The Labute approximate surface area is 59.4 Å². The van der Waals surface area contributed by atoms with Crippen molar-refractivity contribution >= 4 is 29.6 Å². The third-order valence-corrected chi connectivity index (χ3v) is 0.723. The number of aliphatic imine (C=N–C) groups is 1. The predicted molar refractivity (Wildman–Crippen MR) is 37.3 cm³/mol. The molecule has 0 aromatic carbocycles. The molecule has 0 spiro atoms. The van der Waals surface area contributed by atoms with Gasteiger partial charge in [-0.3, -0.25) is 0 Å². The second kappa shape index (κ2) is 4.75. The van der Waals surface area contributed by atoms with E-state index in [1.54, 1.807) is 0 Å². The molecular formula is C4H4N2S2-2. The van der Waals surface area contributed by atoms with E-state index in [0.717, 1.165) is 0 Å². The van der Waals surface area contributed by atoms with Gasteiger partial charge in [0.05, 0.1) is 12.5 Å². The molecule has 0 aromatic heterocycles. The highest BCUT2D eigenvalue weighted by molar-refractivity contribution is 8.05. The SMILES string of the molecule is N#CCCN=C([S-])[S-]. The van der Waals surface area contributed by atoms with Crippen LogP contribution in [0.4, 0.5) is 0 Å². The van der Waals surface area contributed by atoms with E-state index in [0.29, 0.717) is 13.0 Å². The normalized spacial score (nSPS) is 7.38. The highest BCUT2D eigenvalue weighted by Gasteiger charge is 1.71. The summed E-state index contributed by atoms with van der Waals surface area (Å²) in [6.07, 6.45) is 0.400. The fraction of sp³-hybridized carbons (Fsp3) is 0.500. The Balaban J connectivity index is 3.20. The third-order valence-electron chi connectivity index (χ3n) is 0.465. The zero-order valence-electron chi connectivity index (χ0n) is 4.13. The molecule has 0 aliphatic rings. The molecule has 0 aromatic rings. The van der Waals surface area contributed by atoms with E-state index in [-0.39, 0.29) is 4.38 Å². The van der Waals surface area contributed by atoms with Crippen molar-refractivity contribution in [3.05, 3.63) is 0 Å². The van der Waals surface area contributed by atoms with E-state index >= 15 is 0 Å². The Hall–Kier alpha value is -0.400. The minimum atomic E-state index is 0.209. The summed E-state index contributed by atoms with van der Waals surface area (Å²) in [4.78, 5) is 3.64. The monoisotopic (exact) mass is 144 g/mol. The van der Waals surface area contributed by atoms with Crippen LogP contribution in [0.3, 0.4) is 0 Å². The standard InChI is InChI=1S/C4H6N2S2/c5-2-1-3-6-4(7)8/h1,3H2,(H2,6,7,8)/p-2. The molecule has 8 heavy (non-hydrogen) atoms. The number of nitriles is 1. The van der Waals surface area contributed by atoms with E-state index in [1.807, 2.05) is 6.07 Å². The molecule has 0 fully saturated rings. The van der Waals surface area contributed by atoms with E-state index in [1.165, 1.54) is 0 Å². The van der Waals surface area contributed by atoms with Crippen LogP contribution in [-0.4, -0.2) is 10.9 Å². The maximum Gasteiger partial charge on any atom is 0.0641 e. The van der Waals surface area contributed by atoms with Gasteiger partial charge in [0.2, 0.25) is 0 Å². The quantitative estimate of drug-likeness (QED) is 0.243. The van der Waals surface area contributed by atoms with Crippen LogP contribution in [0.15, 0.2) is 4.99 Å². The minimum Gasteiger partial charge on any atom is -0.789 e. The third kappa shape index (κ3) is 5.60. The molecule has 0 unspecified atom stereocenters. The summed E-state index contributed by atoms with van der Waals surface area (Å²) in [5, 5.41) is 7.99. The summed E-state index contributed by atoms with van der Waals surface area (Å²) in [6.45, 7) is 0.443. The van der Waals surface area contributed by atoms with Crippen molar-refractivity contribution in [3.63, 3.8) is 0 Å². The summed E-state index contributed by atoms with van der Waals surface area (Å²) >= 11 is 8.90. The summed E-state index contributed by atoms with van der Waals surface area (Å²) in [6, 6.07) is 1.92. The van der Waals surface area contributed by atoms with Crippen LogP contribution in [0.5, 0.6) is 0 Å². The van der Waals surface area contributed by atoms with E-state index in [2.05, 4.69) is 30.2 Å². The lowest BCUT2D eigenvalue weighted by Gasteiger charge is -2.14. The number of hydrogen-bond acceptors (Lipinski definition) is 4. The van der Waals surface area contributed by atoms with Gasteiger partial charge < -0.3 is 30.2 Å². The molecule has 0 radical (unpaired) electrons. The number of rotatable bonds is 2. The molecule has 0 bridgehead atoms. The summed E-state index contributed by atoms with van der Waals surface area (Å²) in [7, 11) is 0. The molecule has 0 saturated heterocycles. The Bertz CT molecular complexity index is 120. The van der Waals surface area contributed by atoms with Crippen LogP contribution >= 0.6 is 0 Å². The second-order valence-corrected chi connectivity index (χ2v) is 2.09. The van der Waals surface area contributed by atoms with Crippen molar-refractivity contribution in [2.45, 2.75) is 6.42 Å². The molecule has 0 rings (SSSR count).